The van der Waals surface area contributed by atoms with Crippen LogP contribution in [0.15, 0.2) is 53.4 Å². The number of nitrogen functional groups attached to an aromatic ring is 1. The molecule has 4 rings (SSSR count). The molecule has 3 N–H and O–H groups in total. The predicted molar refractivity (Wildman–Crippen MR) is 118 cm³/mol. The van der Waals surface area contributed by atoms with E-state index in [0.29, 0.717) is 22.4 Å². The first-order valence-electron chi connectivity index (χ1n) is 9.60. The van der Waals surface area contributed by atoms with E-state index in [2.05, 4.69) is 9.97 Å². The normalized spacial score (nSPS) is 11.6. The van der Waals surface area contributed by atoms with Crippen molar-refractivity contribution >= 4 is 49.9 Å². The number of esters is 1. The van der Waals surface area contributed by atoms with Crippen LogP contribution in [0.2, 0.25) is 0 Å². The first kappa shape index (κ1) is 21.2. The number of anilines is 1. The van der Waals surface area contributed by atoms with Crippen molar-refractivity contribution in [1.82, 2.24) is 19.3 Å². The molecule has 11 heteroatoms. The molecule has 2 aromatic carbocycles. The Labute approximate surface area is 183 Å². The van der Waals surface area contributed by atoms with Gasteiger partial charge in [-0.25, -0.2) is 27.9 Å². The molecule has 32 heavy (non-hydrogen) atoms. The number of nitrogens with zero attached hydrogens (tertiary/aromatic N) is 3. The summed E-state index contributed by atoms with van der Waals surface area (Å²) in [5.41, 5.74) is 8.64. The van der Waals surface area contributed by atoms with Crippen LogP contribution in [0, 0.1) is 0 Å². The Bertz CT molecular complexity index is 1480. The Balaban J connectivity index is 1.94. The lowest BCUT2D eigenvalue weighted by atomic mass is 10.2. The number of carbonyl (C=O) groups excluding carboxylic acids is 2. The van der Waals surface area contributed by atoms with E-state index in [4.69, 9.17) is 10.5 Å². The Hall–Kier alpha value is -3.99. The van der Waals surface area contributed by atoms with Gasteiger partial charge in [0.05, 0.1) is 22.5 Å². The van der Waals surface area contributed by atoms with Crippen molar-refractivity contribution in [3.05, 3.63) is 54.1 Å². The first-order valence-corrected chi connectivity index (χ1v) is 11.1. The number of rotatable bonds is 5. The molecular formula is C21H19N5O5S. The number of para-hydroxylation sites is 2. The zero-order valence-electron chi connectivity index (χ0n) is 17.2. The number of fused-ring (bicyclic) bond motifs is 2. The molecule has 0 atom stereocenters. The van der Waals surface area contributed by atoms with Crippen molar-refractivity contribution in [2.45, 2.75) is 18.7 Å². The number of hydrogen-bond donors (Lipinski definition) is 2. The van der Waals surface area contributed by atoms with Crippen molar-refractivity contribution in [2.75, 3.05) is 12.3 Å². The smallest absolute Gasteiger partial charge is 0.344 e. The van der Waals surface area contributed by atoms with E-state index in [1.807, 2.05) is 16.9 Å². The van der Waals surface area contributed by atoms with E-state index in [-0.39, 0.29) is 28.4 Å². The molecular weight excluding hydrogens is 434 g/mol. The lowest BCUT2D eigenvalue weighted by Crippen LogP contribution is -2.28. The number of nitrogens with two attached hydrogens (primary N) is 1. The lowest BCUT2D eigenvalue weighted by molar-refractivity contribution is -0.117. The van der Waals surface area contributed by atoms with E-state index < -0.39 is 21.9 Å². The SMILES string of the molecule is CCOC(=O)c1c(N)n(-c2ccc(S(=O)(=O)NC(C)=O)cc2)c2nc3ccccc3nc12. The summed E-state index contributed by atoms with van der Waals surface area (Å²) in [4.78, 5) is 32.9. The fraction of sp³-hybridized carbons (Fsp3) is 0.143. The van der Waals surface area contributed by atoms with Gasteiger partial charge in [0.15, 0.2) is 5.65 Å². The lowest BCUT2D eigenvalue weighted by Gasteiger charge is -2.10. The topological polar surface area (TPSA) is 146 Å². The number of carbonyl (C=O) groups is 2. The molecule has 0 radical (unpaired) electrons. The fourth-order valence-corrected chi connectivity index (χ4v) is 4.34. The molecule has 0 aliphatic carbocycles. The van der Waals surface area contributed by atoms with Crippen molar-refractivity contribution in [2.24, 2.45) is 0 Å². The maximum atomic E-state index is 12.6. The third kappa shape index (κ3) is 3.62. The van der Waals surface area contributed by atoms with Gasteiger partial charge >= 0.3 is 5.97 Å². The number of sulfonamides is 1. The summed E-state index contributed by atoms with van der Waals surface area (Å²) in [5.74, 6) is -1.27. The standard InChI is InChI=1S/C21H19N5O5S/c1-3-31-21(28)17-18-20(24-16-7-5-4-6-15(16)23-18)26(19(17)22)13-8-10-14(11-9-13)32(29,30)25-12(2)27/h4-11H,3,22H2,1-2H3,(H,25,27). The van der Waals surface area contributed by atoms with Crippen LogP contribution in [-0.4, -0.2) is 41.4 Å². The molecule has 0 aliphatic rings. The van der Waals surface area contributed by atoms with Crippen LogP contribution in [0.5, 0.6) is 0 Å². The van der Waals surface area contributed by atoms with Gasteiger partial charge in [-0.1, -0.05) is 12.1 Å². The number of ether oxygens (including phenoxy) is 1. The highest BCUT2D eigenvalue weighted by molar-refractivity contribution is 7.90. The number of amides is 1. The van der Waals surface area contributed by atoms with Crippen molar-refractivity contribution in [1.29, 1.82) is 0 Å². The second kappa shape index (κ2) is 7.93. The van der Waals surface area contributed by atoms with Crippen molar-refractivity contribution in [3.63, 3.8) is 0 Å². The van der Waals surface area contributed by atoms with Gasteiger partial charge in [-0.2, -0.15) is 0 Å². The minimum absolute atomic E-state index is 0.0613. The number of nitrogens with one attached hydrogen (secondary N) is 1. The maximum Gasteiger partial charge on any atom is 0.344 e. The molecule has 0 aliphatic heterocycles. The average Bonchev–Trinajstić information content (AvgIpc) is 3.02. The molecule has 2 aromatic heterocycles. The molecule has 1 amide bonds. The Morgan fingerprint density at radius 3 is 2.28 bits per heavy atom. The third-order valence-electron chi connectivity index (χ3n) is 4.66. The minimum atomic E-state index is -4.00. The van der Waals surface area contributed by atoms with Gasteiger partial charge in [0.1, 0.15) is 16.9 Å². The Kier molecular flexibility index (Phi) is 5.26. The van der Waals surface area contributed by atoms with E-state index in [1.54, 1.807) is 19.1 Å². The van der Waals surface area contributed by atoms with Gasteiger partial charge in [0.25, 0.3) is 10.0 Å². The zero-order chi connectivity index (χ0) is 23.0. The van der Waals surface area contributed by atoms with Gasteiger partial charge in [-0.15, -0.1) is 0 Å². The summed E-state index contributed by atoms with van der Waals surface area (Å²) in [6, 6.07) is 12.8. The predicted octanol–water partition coefficient (Wildman–Crippen LogP) is 2.16. The maximum absolute atomic E-state index is 12.6. The van der Waals surface area contributed by atoms with Gasteiger partial charge in [-0.05, 0) is 43.3 Å². The number of aromatic nitrogens is 3. The van der Waals surface area contributed by atoms with E-state index in [0.717, 1.165) is 6.92 Å². The molecule has 0 fully saturated rings. The van der Waals surface area contributed by atoms with Crippen LogP contribution in [0.4, 0.5) is 5.82 Å². The summed E-state index contributed by atoms with van der Waals surface area (Å²) in [6.45, 7) is 2.95. The molecule has 10 nitrogen and oxygen atoms in total. The quantitative estimate of drug-likeness (QED) is 0.437. The minimum Gasteiger partial charge on any atom is -0.462 e. The van der Waals surface area contributed by atoms with E-state index in [1.165, 1.54) is 28.8 Å². The van der Waals surface area contributed by atoms with Crippen LogP contribution in [0.1, 0.15) is 24.2 Å². The highest BCUT2D eigenvalue weighted by Gasteiger charge is 2.26. The Morgan fingerprint density at radius 2 is 1.69 bits per heavy atom. The molecule has 4 aromatic rings. The summed E-state index contributed by atoms with van der Waals surface area (Å²) in [6.07, 6.45) is 0. The second-order valence-electron chi connectivity index (χ2n) is 6.86. The van der Waals surface area contributed by atoms with Gasteiger partial charge < -0.3 is 10.5 Å². The molecule has 164 valence electrons. The molecule has 0 unspecified atom stereocenters. The average molecular weight is 453 g/mol. The third-order valence-corrected chi connectivity index (χ3v) is 6.11. The first-order chi connectivity index (χ1) is 15.2. The second-order valence-corrected chi connectivity index (χ2v) is 8.54. The van der Waals surface area contributed by atoms with Crippen LogP contribution in [-0.2, 0) is 19.6 Å². The van der Waals surface area contributed by atoms with Crippen molar-refractivity contribution in [3.8, 4) is 5.69 Å². The van der Waals surface area contributed by atoms with Crippen molar-refractivity contribution < 1.29 is 22.7 Å². The van der Waals surface area contributed by atoms with Crippen LogP contribution in [0.25, 0.3) is 27.9 Å². The summed E-state index contributed by atoms with van der Waals surface area (Å²) < 4.78 is 33.0. The van der Waals surface area contributed by atoms with Crippen LogP contribution in [0.3, 0.4) is 0 Å². The number of benzene rings is 2. The largest absolute Gasteiger partial charge is 0.462 e. The Morgan fingerprint density at radius 1 is 1.06 bits per heavy atom. The monoisotopic (exact) mass is 453 g/mol. The molecule has 0 saturated carbocycles. The molecule has 0 bridgehead atoms. The van der Waals surface area contributed by atoms with Crippen LogP contribution < -0.4 is 10.5 Å². The highest BCUT2D eigenvalue weighted by Crippen LogP contribution is 2.31. The van der Waals surface area contributed by atoms with E-state index >= 15 is 0 Å². The molecule has 0 spiro atoms. The van der Waals surface area contributed by atoms with Gasteiger partial charge in [0, 0.05) is 12.6 Å². The molecule has 2 heterocycles. The summed E-state index contributed by atoms with van der Waals surface area (Å²) in [5, 5.41) is 0. The van der Waals surface area contributed by atoms with E-state index in [9.17, 15) is 18.0 Å². The summed E-state index contributed by atoms with van der Waals surface area (Å²) in [7, 11) is -4.00. The van der Waals surface area contributed by atoms with Crippen LogP contribution >= 0.6 is 0 Å². The fourth-order valence-electron chi connectivity index (χ4n) is 3.35. The zero-order valence-corrected chi connectivity index (χ0v) is 18.0. The van der Waals surface area contributed by atoms with Gasteiger partial charge in [-0.3, -0.25) is 9.36 Å². The number of hydrogen-bond acceptors (Lipinski definition) is 8. The van der Waals surface area contributed by atoms with Gasteiger partial charge in [0.2, 0.25) is 5.91 Å². The highest BCUT2D eigenvalue weighted by atomic mass is 32.2. The molecule has 0 saturated heterocycles. The summed E-state index contributed by atoms with van der Waals surface area (Å²) >= 11 is 0.